The molecule has 3 N–H and O–H groups in total. The lowest BCUT2D eigenvalue weighted by atomic mass is 9.79. The molecule has 0 radical (unpaired) electrons. The summed E-state index contributed by atoms with van der Waals surface area (Å²) in [6.07, 6.45) is 8.77. The van der Waals surface area contributed by atoms with Gasteiger partial charge in [0.25, 0.3) is 11.8 Å². The van der Waals surface area contributed by atoms with Gasteiger partial charge in [-0.25, -0.2) is 0 Å². The van der Waals surface area contributed by atoms with E-state index in [9.17, 15) is 28.8 Å². The lowest BCUT2D eigenvalue weighted by Crippen LogP contribution is -2.54. The molecule has 3 aliphatic rings. The molecule has 2 fully saturated rings. The standard InChI is InChI=1S/C25H26N4O6/c1-2-12-26-19(31)13-25(10-3-4-11-25)14-20(32)27-16-7-5-6-15-21(16)24(35)29(23(15)34)17-8-9-18(30)28-22(17)33/h1,5-7,17H,3-4,8-14H2,(H,26,31)(H,27,32)(H,28,30,33). The molecule has 4 rings (SSSR count). The Bertz CT molecular complexity index is 1160. The Labute approximate surface area is 202 Å². The summed E-state index contributed by atoms with van der Waals surface area (Å²) in [5.41, 5.74) is -0.227. The van der Waals surface area contributed by atoms with Gasteiger partial charge in [-0.1, -0.05) is 24.8 Å². The number of hydrogen-bond acceptors (Lipinski definition) is 6. The van der Waals surface area contributed by atoms with Crippen molar-refractivity contribution in [3.63, 3.8) is 0 Å². The molecule has 0 bridgehead atoms. The number of nitrogens with one attached hydrogen (secondary N) is 3. The normalized spacial score (nSPS) is 20.8. The van der Waals surface area contributed by atoms with Gasteiger partial charge in [0, 0.05) is 19.3 Å². The molecule has 2 aliphatic heterocycles. The number of hydrogen-bond donors (Lipinski definition) is 3. The second-order valence-corrected chi connectivity index (χ2v) is 9.27. The number of amides is 6. The van der Waals surface area contributed by atoms with Gasteiger partial charge >= 0.3 is 0 Å². The summed E-state index contributed by atoms with van der Waals surface area (Å²) in [5.74, 6) is -0.719. The minimum absolute atomic E-state index is 0.0165. The molecule has 6 amide bonds. The number of rotatable bonds is 7. The van der Waals surface area contributed by atoms with Crippen LogP contribution in [0.15, 0.2) is 18.2 Å². The second-order valence-electron chi connectivity index (χ2n) is 9.27. The molecular weight excluding hydrogens is 452 g/mol. The van der Waals surface area contributed by atoms with E-state index in [1.807, 2.05) is 0 Å². The third-order valence-electron chi connectivity index (χ3n) is 6.87. The molecule has 0 aromatic heterocycles. The number of benzene rings is 1. The van der Waals surface area contributed by atoms with Crippen molar-refractivity contribution in [2.45, 2.75) is 57.4 Å². The zero-order valence-electron chi connectivity index (χ0n) is 19.1. The molecule has 0 spiro atoms. The van der Waals surface area contributed by atoms with E-state index in [4.69, 9.17) is 6.42 Å². The maximum Gasteiger partial charge on any atom is 0.264 e. The Morgan fingerprint density at radius 2 is 1.80 bits per heavy atom. The lowest BCUT2D eigenvalue weighted by molar-refractivity contribution is -0.136. The van der Waals surface area contributed by atoms with E-state index in [1.54, 1.807) is 6.07 Å². The summed E-state index contributed by atoms with van der Waals surface area (Å²) in [5, 5.41) is 7.55. The number of terminal acetylenes is 1. The van der Waals surface area contributed by atoms with Crippen molar-refractivity contribution >= 4 is 41.1 Å². The molecule has 182 valence electrons. The fourth-order valence-corrected chi connectivity index (χ4v) is 5.25. The van der Waals surface area contributed by atoms with Crippen LogP contribution in [0.25, 0.3) is 0 Å². The van der Waals surface area contributed by atoms with E-state index in [0.717, 1.165) is 30.6 Å². The van der Waals surface area contributed by atoms with Gasteiger partial charge in [-0.3, -0.25) is 39.0 Å². The van der Waals surface area contributed by atoms with E-state index in [-0.39, 0.29) is 60.9 Å². The number of carbonyl (C=O) groups is 6. The zero-order valence-corrected chi connectivity index (χ0v) is 19.1. The van der Waals surface area contributed by atoms with Crippen molar-refractivity contribution in [1.82, 2.24) is 15.5 Å². The Kier molecular flexibility index (Phi) is 6.69. The van der Waals surface area contributed by atoms with Crippen LogP contribution in [-0.2, 0) is 19.2 Å². The number of carbonyl (C=O) groups excluding carboxylic acids is 6. The van der Waals surface area contributed by atoms with Crippen LogP contribution in [0.2, 0.25) is 0 Å². The van der Waals surface area contributed by atoms with Crippen LogP contribution < -0.4 is 16.0 Å². The molecule has 1 aliphatic carbocycles. The largest absolute Gasteiger partial charge is 0.345 e. The molecule has 1 aromatic carbocycles. The number of anilines is 1. The van der Waals surface area contributed by atoms with Gasteiger partial charge in [0.1, 0.15) is 6.04 Å². The highest BCUT2D eigenvalue weighted by Gasteiger charge is 2.46. The Morgan fingerprint density at radius 1 is 1.09 bits per heavy atom. The van der Waals surface area contributed by atoms with Crippen molar-refractivity contribution < 1.29 is 28.8 Å². The third kappa shape index (κ3) is 4.80. The first-order valence-electron chi connectivity index (χ1n) is 11.6. The Balaban J connectivity index is 1.51. The van der Waals surface area contributed by atoms with Gasteiger partial charge in [0.2, 0.25) is 23.6 Å². The first-order chi connectivity index (χ1) is 16.7. The Morgan fingerprint density at radius 3 is 2.49 bits per heavy atom. The van der Waals surface area contributed by atoms with Gasteiger partial charge < -0.3 is 10.6 Å². The van der Waals surface area contributed by atoms with Crippen molar-refractivity contribution in [3.05, 3.63) is 29.3 Å². The maximum atomic E-state index is 13.2. The zero-order chi connectivity index (χ0) is 25.2. The van der Waals surface area contributed by atoms with Gasteiger partial charge in [-0.05, 0) is 36.8 Å². The molecule has 1 atom stereocenters. The minimum atomic E-state index is -1.09. The van der Waals surface area contributed by atoms with E-state index in [1.165, 1.54) is 12.1 Å². The predicted molar refractivity (Wildman–Crippen MR) is 124 cm³/mol. The summed E-state index contributed by atoms with van der Waals surface area (Å²) in [4.78, 5) is 76.1. The number of piperidine rings is 1. The lowest BCUT2D eigenvalue weighted by Gasteiger charge is -2.28. The van der Waals surface area contributed by atoms with Crippen molar-refractivity contribution in [2.24, 2.45) is 5.41 Å². The highest BCUT2D eigenvalue weighted by atomic mass is 16.2. The monoisotopic (exact) mass is 478 g/mol. The van der Waals surface area contributed by atoms with Crippen LogP contribution >= 0.6 is 0 Å². The smallest absolute Gasteiger partial charge is 0.264 e. The molecule has 2 heterocycles. The highest BCUT2D eigenvalue weighted by Crippen LogP contribution is 2.44. The van der Waals surface area contributed by atoms with E-state index in [2.05, 4.69) is 21.9 Å². The van der Waals surface area contributed by atoms with Crippen LogP contribution in [0, 0.1) is 17.8 Å². The first kappa shape index (κ1) is 24.1. The minimum Gasteiger partial charge on any atom is -0.345 e. The summed E-state index contributed by atoms with van der Waals surface area (Å²) in [6, 6.07) is 3.45. The summed E-state index contributed by atoms with van der Waals surface area (Å²) in [7, 11) is 0. The fourth-order valence-electron chi connectivity index (χ4n) is 5.25. The second kappa shape index (κ2) is 9.70. The molecule has 10 heteroatoms. The molecule has 1 saturated carbocycles. The Hall–Kier alpha value is -4.00. The van der Waals surface area contributed by atoms with Crippen molar-refractivity contribution in [1.29, 1.82) is 0 Å². The number of imide groups is 2. The SMILES string of the molecule is C#CCNC(=O)CC1(CC(=O)Nc2cccc3c2C(=O)N(C2CCC(=O)NC2=O)C3=O)CCCC1. The van der Waals surface area contributed by atoms with Crippen LogP contribution in [-0.4, -0.2) is 52.9 Å². The number of fused-ring (bicyclic) bond motifs is 1. The molecular formula is C25H26N4O6. The van der Waals surface area contributed by atoms with E-state index in [0.29, 0.717) is 0 Å². The molecule has 35 heavy (non-hydrogen) atoms. The van der Waals surface area contributed by atoms with Crippen LogP contribution in [0.5, 0.6) is 0 Å². The highest BCUT2D eigenvalue weighted by molar-refractivity contribution is 6.26. The average molecular weight is 479 g/mol. The summed E-state index contributed by atoms with van der Waals surface area (Å²) < 4.78 is 0. The van der Waals surface area contributed by atoms with Crippen molar-refractivity contribution in [3.8, 4) is 12.3 Å². The van der Waals surface area contributed by atoms with Gasteiger partial charge in [-0.2, -0.15) is 0 Å². The van der Waals surface area contributed by atoms with Crippen LogP contribution in [0.1, 0.15) is 72.1 Å². The quantitative estimate of drug-likeness (QED) is 0.396. The summed E-state index contributed by atoms with van der Waals surface area (Å²) >= 11 is 0. The van der Waals surface area contributed by atoms with Crippen LogP contribution in [0.4, 0.5) is 5.69 Å². The molecule has 10 nitrogen and oxygen atoms in total. The topological polar surface area (TPSA) is 142 Å². The van der Waals surface area contributed by atoms with Gasteiger partial charge in [0.15, 0.2) is 0 Å². The summed E-state index contributed by atoms with van der Waals surface area (Å²) in [6.45, 7) is 0.122. The molecule has 1 unspecified atom stereocenters. The van der Waals surface area contributed by atoms with E-state index >= 15 is 0 Å². The van der Waals surface area contributed by atoms with Crippen LogP contribution in [0.3, 0.4) is 0 Å². The average Bonchev–Trinajstić information content (AvgIpc) is 3.35. The predicted octanol–water partition coefficient (Wildman–Crippen LogP) is 1.12. The van der Waals surface area contributed by atoms with E-state index < -0.39 is 35.1 Å². The first-order valence-corrected chi connectivity index (χ1v) is 11.6. The number of nitrogens with zero attached hydrogens (tertiary/aromatic N) is 1. The molecule has 1 aromatic rings. The molecule has 1 saturated heterocycles. The van der Waals surface area contributed by atoms with Gasteiger partial charge in [0.05, 0.1) is 23.4 Å². The third-order valence-corrected chi connectivity index (χ3v) is 6.87. The van der Waals surface area contributed by atoms with Gasteiger partial charge in [-0.15, -0.1) is 6.42 Å². The fraction of sp³-hybridized carbons (Fsp3) is 0.440. The van der Waals surface area contributed by atoms with Crippen molar-refractivity contribution in [2.75, 3.05) is 11.9 Å². The maximum absolute atomic E-state index is 13.2.